The van der Waals surface area contributed by atoms with Crippen molar-refractivity contribution in [1.82, 2.24) is 0 Å². The summed E-state index contributed by atoms with van der Waals surface area (Å²) in [7, 11) is 0. The second-order valence-electron chi connectivity index (χ2n) is 6.48. The van der Waals surface area contributed by atoms with Crippen LogP contribution < -0.4 is 4.90 Å². The summed E-state index contributed by atoms with van der Waals surface area (Å²) in [6, 6.07) is 15.0. The summed E-state index contributed by atoms with van der Waals surface area (Å²) in [6.07, 6.45) is 1.43. The van der Waals surface area contributed by atoms with E-state index in [-0.39, 0.29) is 16.9 Å². The molecule has 0 aliphatic carbocycles. The van der Waals surface area contributed by atoms with Gasteiger partial charge in [-0.25, -0.2) is 4.39 Å². The number of ketones is 1. The van der Waals surface area contributed by atoms with Crippen molar-refractivity contribution in [3.05, 3.63) is 95.2 Å². The molecule has 0 bridgehead atoms. The molecule has 0 radical (unpaired) electrons. The van der Waals surface area contributed by atoms with Crippen LogP contribution in [0.25, 0.3) is 5.76 Å². The topological polar surface area (TPSA) is 70.8 Å². The summed E-state index contributed by atoms with van der Waals surface area (Å²) in [6.45, 7) is 1.55. The first kappa shape index (κ1) is 17.7. The summed E-state index contributed by atoms with van der Waals surface area (Å²) in [4.78, 5) is 26.9. The maximum Gasteiger partial charge on any atom is 0.300 e. The molecule has 6 heteroatoms. The number of hydrogen-bond donors (Lipinski definition) is 1. The summed E-state index contributed by atoms with van der Waals surface area (Å²) in [5, 5.41) is 10.9. The lowest BCUT2D eigenvalue weighted by Gasteiger charge is -2.23. The van der Waals surface area contributed by atoms with Gasteiger partial charge < -0.3 is 9.52 Å². The molecule has 1 saturated heterocycles. The first-order valence-electron chi connectivity index (χ1n) is 8.65. The number of carbonyl (C=O) groups excluding carboxylic acids is 2. The minimum absolute atomic E-state index is 0.102. The normalized spacial score (nSPS) is 18.6. The van der Waals surface area contributed by atoms with Crippen LogP contribution in [-0.2, 0) is 9.59 Å². The molecular formula is C22H16FNO4. The highest BCUT2D eigenvalue weighted by Gasteiger charge is 2.48. The third-order valence-electron chi connectivity index (χ3n) is 4.72. The number of amides is 1. The van der Waals surface area contributed by atoms with Crippen LogP contribution in [0.15, 0.2) is 76.9 Å². The van der Waals surface area contributed by atoms with Crippen molar-refractivity contribution >= 4 is 23.1 Å². The van der Waals surface area contributed by atoms with Crippen molar-refractivity contribution < 1.29 is 23.5 Å². The van der Waals surface area contributed by atoms with E-state index in [9.17, 15) is 19.1 Å². The molecule has 1 aliphatic heterocycles. The zero-order chi connectivity index (χ0) is 19.8. The molecule has 3 aromatic rings. The van der Waals surface area contributed by atoms with E-state index < -0.39 is 23.5 Å². The predicted molar refractivity (Wildman–Crippen MR) is 101 cm³/mol. The SMILES string of the molecule is Cc1cc(/C(O)=C2/C(=O)C(=O)N(c3ccccc3)C2c2ccco2)ccc1F. The molecule has 1 atom stereocenters. The van der Waals surface area contributed by atoms with Crippen LogP contribution in [0, 0.1) is 12.7 Å². The van der Waals surface area contributed by atoms with Gasteiger partial charge in [0.15, 0.2) is 0 Å². The third kappa shape index (κ3) is 2.79. The van der Waals surface area contributed by atoms with E-state index in [1.807, 2.05) is 0 Å². The number of hydrogen-bond acceptors (Lipinski definition) is 4. The average Bonchev–Trinajstić information content (AvgIpc) is 3.31. The van der Waals surface area contributed by atoms with Crippen LogP contribution >= 0.6 is 0 Å². The number of Topliss-reactive ketones (excluding diaryl/α,β-unsaturated/α-hetero) is 1. The van der Waals surface area contributed by atoms with Gasteiger partial charge in [-0.2, -0.15) is 0 Å². The number of nitrogens with zero attached hydrogens (tertiary/aromatic N) is 1. The summed E-state index contributed by atoms with van der Waals surface area (Å²) in [5.74, 6) is -2.06. The molecule has 140 valence electrons. The predicted octanol–water partition coefficient (Wildman–Crippen LogP) is 4.35. The lowest BCUT2D eigenvalue weighted by molar-refractivity contribution is -0.132. The fraction of sp³-hybridized carbons (Fsp3) is 0.0909. The monoisotopic (exact) mass is 377 g/mol. The zero-order valence-electron chi connectivity index (χ0n) is 14.9. The van der Waals surface area contributed by atoms with Crippen LogP contribution in [0.4, 0.5) is 10.1 Å². The minimum atomic E-state index is -0.928. The Morgan fingerprint density at radius 3 is 2.46 bits per heavy atom. The van der Waals surface area contributed by atoms with E-state index >= 15 is 0 Å². The summed E-state index contributed by atoms with van der Waals surface area (Å²) < 4.78 is 19.1. The molecule has 2 heterocycles. The summed E-state index contributed by atoms with van der Waals surface area (Å²) >= 11 is 0. The van der Waals surface area contributed by atoms with Crippen molar-refractivity contribution in [2.45, 2.75) is 13.0 Å². The lowest BCUT2D eigenvalue weighted by Crippen LogP contribution is -2.29. The molecular weight excluding hydrogens is 361 g/mol. The van der Waals surface area contributed by atoms with Crippen molar-refractivity contribution in [2.24, 2.45) is 0 Å². The Kier molecular flexibility index (Phi) is 4.31. The molecule has 2 aromatic carbocycles. The number of furan rings is 1. The average molecular weight is 377 g/mol. The molecule has 1 unspecified atom stereocenters. The number of para-hydroxylation sites is 1. The van der Waals surface area contributed by atoms with Gasteiger partial charge in [0.25, 0.3) is 11.7 Å². The molecule has 0 saturated carbocycles. The van der Waals surface area contributed by atoms with E-state index in [1.54, 1.807) is 49.4 Å². The first-order chi connectivity index (χ1) is 13.5. The van der Waals surface area contributed by atoms with Gasteiger partial charge in [-0.15, -0.1) is 0 Å². The van der Waals surface area contributed by atoms with E-state index in [0.29, 0.717) is 17.0 Å². The quantitative estimate of drug-likeness (QED) is 0.418. The van der Waals surface area contributed by atoms with E-state index in [1.165, 1.54) is 29.4 Å². The van der Waals surface area contributed by atoms with Gasteiger partial charge >= 0.3 is 0 Å². The first-order valence-corrected chi connectivity index (χ1v) is 8.65. The van der Waals surface area contributed by atoms with Gasteiger partial charge in [-0.1, -0.05) is 18.2 Å². The highest BCUT2D eigenvalue weighted by molar-refractivity contribution is 6.51. The van der Waals surface area contributed by atoms with E-state index in [0.717, 1.165) is 0 Å². The number of aryl methyl sites for hydroxylation is 1. The molecule has 1 amide bonds. The maximum atomic E-state index is 13.6. The Morgan fingerprint density at radius 2 is 1.82 bits per heavy atom. The molecule has 1 aromatic heterocycles. The standard InChI is InChI=1S/C22H16FNO4/c1-13-12-14(9-10-16(13)23)20(25)18-19(17-8-5-11-28-17)24(22(27)21(18)26)15-6-3-2-4-7-15/h2-12,19,25H,1H3/b20-18-. The Labute approximate surface area is 160 Å². The lowest BCUT2D eigenvalue weighted by atomic mass is 9.98. The van der Waals surface area contributed by atoms with Gasteiger partial charge in [0.2, 0.25) is 0 Å². The van der Waals surface area contributed by atoms with Gasteiger partial charge in [-0.3, -0.25) is 14.5 Å². The Morgan fingerprint density at radius 1 is 1.07 bits per heavy atom. The number of anilines is 1. The van der Waals surface area contributed by atoms with Gasteiger partial charge in [0, 0.05) is 11.3 Å². The number of aliphatic hydroxyl groups is 1. The van der Waals surface area contributed by atoms with Crippen molar-refractivity contribution in [3.63, 3.8) is 0 Å². The third-order valence-corrected chi connectivity index (χ3v) is 4.72. The molecule has 1 aliphatic rings. The Hall–Kier alpha value is -3.67. The molecule has 1 N–H and O–H groups in total. The number of rotatable bonds is 3. The second-order valence-corrected chi connectivity index (χ2v) is 6.48. The number of benzene rings is 2. The number of carbonyl (C=O) groups is 2. The van der Waals surface area contributed by atoms with Crippen LogP contribution in [0.1, 0.15) is 22.9 Å². The Balaban J connectivity index is 1.93. The highest BCUT2D eigenvalue weighted by atomic mass is 19.1. The molecule has 28 heavy (non-hydrogen) atoms. The van der Waals surface area contributed by atoms with Crippen molar-refractivity contribution in [1.29, 1.82) is 0 Å². The molecule has 1 fully saturated rings. The molecule has 0 spiro atoms. The fourth-order valence-electron chi connectivity index (χ4n) is 3.35. The minimum Gasteiger partial charge on any atom is -0.507 e. The van der Waals surface area contributed by atoms with Gasteiger partial charge in [0.1, 0.15) is 23.4 Å². The van der Waals surface area contributed by atoms with Crippen LogP contribution in [-0.4, -0.2) is 16.8 Å². The van der Waals surface area contributed by atoms with E-state index in [4.69, 9.17) is 4.42 Å². The van der Waals surface area contributed by atoms with E-state index in [2.05, 4.69) is 0 Å². The van der Waals surface area contributed by atoms with Crippen LogP contribution in [0.3, 0.4) is 0 Å². The van der Waals surface area contributed by atoms with Gasteiger partial charge in [-0.05, 0) is 55.0 Å². The van der Waals surface area contributed by atoms with Gasteiger partial charge in [0.05, 0.1) is 11.8 Å². The van der Waals surface area contributed by atoms with Crippen molar-refractivity contribution in [3.8, 4) is 0 Å². The van der Waals surface area contributed by atoms with Crippen LogP contribution in [0.2, 0.25) is 0 Å². The zero-order valence-corrected chi connectivity index (χ0v) is 14.9. The summed E-state index contributed by atoms with van der Waals surface area (Å²) in [5.41, 5.74) is 0.965. The van der Waals surface area contributed by atoms with Crippen molar-refractivity contribution in [2.75, 3.05) is 4.90 Å². The maximum absolute atomic E-state index is 13.6. The Bertz CT molecular complexity index is 1090. The second kappa shape index (κ2) is 6.81. The van der Waals surface area contributed by atoms with Crippen LogP contribution in [0.5, 0.6) is 0 Å². The largest absolute Gasteiger partial charge is 0.507 e. The number of aliphatic hydroxyl groups excluding tert-OH is 1. The fourth-order valence-corrected chi connectivity index (χ4v) is 3.35. The molecule has 5 nitrogen and oxygen atoms in total. The number of halogens is 1. The molecule has 4 rings (SSSR count). The highest BCUT2D eigenvalue weighted by Crippen LogP contribution is 2.42. The smallest absolute Gasteiger partial charge is 0.300 e.